The van der Waals surface area contributed by atoms with Crippen LogP contribution in [0.15, 0.2) is 18.5 Å². The van der Waals surface area contributed by atoms with E-state index >= 15 is 0 Å². The lowest BCUT2D eigenvalue weighted by Gasteiger charge is -2.45. The number of aliphatic carboxylic acids is 1. The van der Waals surface area contributed by atoms with E-state index in [1.807, 2.05) is 0 Å². The number of hydrogen-bond acceptors (Lipinski definition) is 7. The molecular formula is C17H23F3N4O5. The van der Waals surface area contributed by atoms with Crippen LogP contribution in [0.3, 0.4) is 0 Å². The highest BCUT2D eigenvalue weighted by Crippen LogP contribution is 2.30. The molecule has 0 unspecified atom stereocenters. The number of ether oxygens (including phenoxy) is 2. The van der Waals surface area contributed by atoms with Gasteiger partial charge < -0.3 is 24.8 Å². The zero-order chi connectivity index (χ0) is 21.4. The lowest BCUT2D eigenvalue weighted by atomic mass is 9.85. The van der Waals surface area contributed by atoms with Crippen LogP contribution in [0.4, 0.5) is 19.1 Å². The molecule has 2 aliphatic rings. The van der Waals surface area contributed by atoms with E-state index in [0.29, 0.717) is 18.4 Å². The Balaban J connectivity index is 0.000000370. The number of carboxylic acid groups (broad SMARTS) is 1. The number of fused-ring (bicyclic) bond motifs is 1. The molecular weight excluding hydrogens is 397 g/mol. The first-order chi connectivity index (χ1) is 13.7. The fraction of sp³-hybridized carbons (Fsp3) is 0.647. The van der Waals surface area contributed by atoms with E-state index in [9.17, 15) is 18.0 Å². The fourth-order valence-corrected chi connectivity index (χ4v) is 3.33. The van der Waals surface area contributed by atoms with E-state index < -0.39 is 12.1 Å². The number of carbonyl (C=O) groups excluding carboxylic acids is 1. The molecule has 3 heterocycles. The lowest BCUT2D eigenvalue weighted by Crippen LogP contribution is -2.61. The van der Waals surface area contributed by atoms with Gasteiger partial charge in [0.05, 0.1) is 12.1 Å². The summed E-state index contributed by atoms with van der Waals surface area (Å²) in [6.45, 7) is 2.35. The number of piperidine rings is 1. The number of carbonyl (C=O) groups is 2. The maximum atomic E-state index is 11.9. The number of methoxy groups -OCH3 is 1. The van der Waals surface area contributed by atoms with Gasteiger partial charge in [-0.25, -0.2) is 14.8 Å². The Hall–Kier alpha value is -2.47. The van der Waals surface area contributed by atoms with Crippen molar-refractivity contribution >= 4 is 17.8 Å². The van der Waals surface area contributed by atoms with Crippen LogP contribution in [0.5, 0.6) is 0 Å². The third kappa shape index (κ3) is 6.82. The van der Waals surface area contributed by atoms with Crippen molar-refractivity contribution in [3.8, 4) is 0 Å². The number of aromatic nitrogens is 2. The molecule has 12 heteroatoms. The van der Waals surface area contributed by atoms with Crippen molar-refractivity contribution in [2.45, 2.75) is 31.2 Å². The first kappa shape index (κ1) is 22.8. The first-order valence-corrected chi connectivity index (χ1v) is 8.94. The summed E-state index contributed by atoms with van der Waals surface area (Å²) in [4.78, 5) is 31.6. The molecule has 1 amide bonds. The van der Waals surface area contributed by atoms with Gasteiger partial charge in [0.15, 0.2) is 0 Å². The van der Waals surface area contributed by atoms with E-state index in [4.69, 9.17) is 19.4 Å². The van der Waals surface area contributed by atoms with E-state index in [-0.39, 0.29) is 24.7 Å². The number of carboxylic acids is 1. The van der Waals surface area contributed by atoms with Crippen LogP contribution in [0.2, 0.25) is 0 Å². The molecule has 3 rings (SSSR count). The molecule has 2 N–H and O–H groups in total. The van der Waals surface area contributed by atoms with Gasteiger partial charge in [0.25, 0.3) is 0 Å². The van der Waals surface area contributed by atoms with Gasteiger partial charge in [-0.1, -0.05) is 0 Å². The van der Waals surface area contributed by atoms with Gasteiger partial charge in [-0.3, -0.25) is 4.79 Å². The van der Waals surface area contributed by atoms with Crippen molar-refractivity contribution in [2.24, 2.45) is 5.92 Å². The quantitative estimate of drug-likeness (QED) is 0.737. The molecule has 0 aliphatic carbocycles. The minimum atomic E-state index is -5.08. The number of halogens is 3. The van der Waals surface area contributed by atoms with E-state index in [2.05, 4.69) is 20.2 Å². The predicted molar refractivity (Wildman–Crippen MR) is 94.2 cm³/mol. The highest BCUT2D eigenvalue weighted by Gasteiger charge is 2.40. The Morgan fingerprint density at radius 2 is 2.00 bits per heavy atom. The van der Waals surface area contributed by atoms with Gasteiger partial charge in [0, 0.05) is 45.1 Å². The summed E-state index contributed by atoms with van der Waals surface area (Å²) in [5.41, 5.74) is 0. The maximum Gasteiger partial charge on any atom is 0.490 e. The Morgan fingerprint density at radius 1 is 1.34 bits per heavy atom. The predicted octanol–water partition coefficient (Wildman–Crippen LogP) is 0.856. The second-order valence-electron chi connectivity index (χ2n) is 6.60. The number of nitrogens with one attached hydrogen (secondary N) is 1. The lowest BCUT2D eigenvalue weighted by molar-refractivity contribution is -0.192. The summed E-state index contributed by atoms with van der Waals surface area (Å²) in [5, 5.41) is 10.2. The molecule has 29 heavy (non-hydrogen) atoms. The zero-order valence-electron chi connectivity index (χ0n) is 15.8. The van der Waals surface area contributed by atoms with E-state index in [1.54, 1.807) is 18.5 Å². The summed E-state index contributed by atoms with van der Waals surface area (Å²) in [5.74, 6) is -1.78. The molecule has 2 saturated heterocycles. The number of amides is 1. The molecule has 1 aromatic heterocycles. The molecule has 0 bridgehead atoms. The minimum absolute atomic E-state index is 0.0643. The average Bonchev–Trinajstić information content (AvgIpc) is 2.68. The van der Waals surface area contributed by atoms with Gasteiger partial charge >= 0.3 is 12.1 Å². The number of alkyl halides is 3. The smallest absolute Gasteiger partial charge is 0.475 e. The molecule has 2 fully saturated rings. The highest BCUT2D eigenvalue weighted by molar-refractivity contribution is 5.77. The fourth-order valence-electron chi connectivity index (χ4n) is 3.33. The summed E-state index contributed by atoms with van der Waals surface area (Å²) in [6.07, 6.45) is 0.623. The van der Waals surface area contributed by atoms with Crippen LogP contribution in [-0.2, 0) is 19.1 Å². The minimum Gasteiger partial charge on any atom is -0.475 e. The number of hydrogen-bond donors (Lipinski definition) is 2. The summed E-state index contributed by atoms with van der Waals surface area (Å²) < 4.78 is 42.6. The standard InChI is InChI=1S/C15H22N4O3.C2HF3O2/c1-21-10-13(20)18-12-9-19(15-16-5-3-6-17-15)8-11-4-2-7-22-14(11)12;3-2(4,5)1(6)7/h3,5-6,11-12,14H,2,4,7-10H2,1H3,(H,18,20);(H,6,7)/t11-,12+,14-;/m0./s1. The molecule has 0 radical (unpaired) electrons. The topological polar surface area (TPSA) is 114 Å². The molecule has 0 spiro atoms. The van der Waals surface area contributed by atoms with E-state index in [1.165, 1.54) is 7.11 Å². The van der Waals surface area contributed by atoms with Crippen molar-refractivity contribution in [1.82, 2.24) is 15.3 Å². The van der Waals surface area contributed by atoms with Crippen LogP contribution >= 0.6 is 0 Å². The Bertz CT molecular complexity index is 677. The Kier molecular flexibility index (Phi) is 8.14. The summed E-state index contributed by atoms with van der Waals surface area (Å²) in [6, 6.07) is 1.74. The van der Waals surface area contributed by atoms with E-state index in [0.717, 1.165) is 26.0 Å². The number of anilines is 1. The maximum absolute atomic E-state index is 11.9. The molecule has 3 atom stereocenters. The van der Waals surface area contributed by atoms with Crippen molar-refractivity contribution < 1.29 is 37.3 Å². The van der Waals surface area contributed by atoms with Crippen molar-refractivity contribution in [3.63, 3.8) is 0 Å². The van der Waals surface area contributed by atoms with Crippen LogP contribution in [0.1, 0.15) is 12.8 Å². The highest BCUT2D eigenvalue weighted by atomic mass is 19.4. The van der Waals surface area contributed by atoms with Crippen LogP contribution in [0.25, 0.3) is 0 Å². The molecule has 0 saturated carbocycles. The monoisotopic (exact) mass is 420 g/mol. The second kappa shape index (κ2) is 10.3. The Labute approximate surface area is 165 Å². The van der Waals surface area contributed by atoms with Gasteiger partial charge in [-0.15, -0.1) is 0 Å². The van der Waals surface area contributed by atoms with Gasteiger partial charge in [-0.2, -0.15) is 13.2 Å². The molecule has 9 nitrogen and oxygen atoms in total. The van der Waals surface area contributed by atoms with Crippen molar-refractivity contribution in [3.05, 3.63) is 18.5 Å². The normalized spacial score (nSPS) is 24.0. The van der Waals surface area contributed by atoms with Crippen LogP contribution in [-0.4, -0.2) is 78.7 Å². The molecule has 1 aromatic rings. The molecule has 162 valence electrons. The van der Waals surface area contributed by atoms with Crippen LogP contribution in [0, 0.1) is 5.92 Å². The van der Waals surface area contributed by atoms with Crippen molar-refractivity contribution in [2.75, 3.05) is 38.3 Å². The number of rotatable bonds is 4. The largest absolute Gasteiger partial charge is 0.490 e. The van der Waals surface area contributed by atoms with Crippen molar-refractivity contribution in [1.29, 1.82) is 0 Å². The summed E-state index contributed by atoms with van der Waals surface area (Å²) in [7, 11) is 1.52. The summed E-state index contributed by atoms with van der Waals surface area (Å²) >= 11 is 0. The van der Waals surface area contributed by atoms with Gasteiger partial charge in [0.1, 0.15) is 6.61 Å². The first-order valence-electron chi connectivity index (χ1n) is 8.94. The average molecular weight is 420 g/mol. The second-order valence-corrected chi connectivity index (χ2v) is 6.60. The van der Waals surface area contributed by atoms with Gasteiger partial charge in [-0.05, 0) is 18.9 Å². The Morgan fingerprint density at radius 3 is 2.59 bits per heavy atom. The zero-order valence-corrected chi connectivity index (χ0v) is 15.8. The third-order valence-electron chi connectivity index (χ3n) is 4.46. The van der Waals surface area contributed by atoms with Gasteiger partial charge in [0.2, 0.25) is 11.9 Å². The SMILES string of the molecule is COCC(=O)N[C@@H]1CN(c2ncccn2)C[C@@H]2CCCO[C@@H]21.O=C(O)C(F)(F)F. The molecule has 0 aromatic carbocycles. The third-order valence-corrected chi connectivity index (χ3v) is 4.46. The molecule has 2 aliphatic heterocycles. The number of nitrogens with zero attached hydrogens (tertiary/aromatic N) is 3. The van der Waals surface area contributed by atoms with Crippen LogP contribution < -0.4 is 10.2 Å².